The first-order valence-electron chi connectivity index (χ1n) is 9.71. The summed E-state index contributed by atoms with van der Waals surface area (Å²) in [7, 11) is 0. The molecule has 21 heavy (non-hydrogen) atoms. The predicted octanol–water partition coefficient (Wildman–Crippen LogP) is 5.26. The van der Waals surface area contributed by atoms with Crippen LogP contribution in [-0.4, -0.2) is 11.2 Å². The lowest BCUT2D eigenvalue weighted by Crippen LogP contribution is -2.44. The van der Waals surface area contributed by atoms with E-state index in [0.717, 1.165) is 37.7 Å². The summed E-state index contributed by atoms with van der Waals surface area (Å²) < 4.78 is 15.8. The van der Waals surface area contributed by atoms with Gasteiger partial charge in [-0.1, -0.05) is 38.4 Å². The molecule has 2 bridgehead atoms. The van der Waals surface area contributed by atoms with Crippen LogP contribution in [0.25, 0.3) is 0 Å². The maximum absolute atomic E-state index is 10.4. The smallest absolute Gasteiger partial charge is 0.0750 e. The summed E-state index contributed by atoms with van der Waals surface area (Å²) in [5, 5.41) is 10.4. The number of hydrogen-bond acceptors (Lipinski definition) is 1. The highest BCUT2D eigenvalue weighted by atomic mass is 16.3. The van der Waals surface area contributed by atoms with Crippen LogP contribution in [0.1, 0.15) is 75.4 Å². The van der Waals surface area contributed by atoms with Gasteiger partial charge in [0.1, 0.15) is 0 Å². The van der Waals surface area contributed by atoms with Gasteiger partial charge in [0.05, 0.1) is 8.85 Å². The Morgan fingerprint density at radius 3 is 2.67 bits per heavy atom. The van der Waals surface area contributed by atoms with Crippen molar-refractivity contribution in [1.82, 2.24) is 0 Å². The number of rotatable bonds is 0. The van der Waals surface area contributed by atoms with E-state index in [2.05, 4.69) is 27.7 Å². The number of allylic oxidation sites excluding steroid dienone is 2. The quantitative estimate of drug-likeness (QED) is 0.604. The Kier molecular flexibility index (Phi) is 3.07. The SMILES string of the molecule is [3H]C([3H])=C1[C@H]2C[C@@H]3CCC(C)=C(CC[C@]2(C)CC[C@@H]1O)C3(C)C. The molecule has 1 nitrogen and oxygen atoms in total. The van der Waals surface area contributed by atoms with Gasteiger partial charge in [-0.05, 0) is 80.1 Å². The number of aliphatic hydroxyl groups excluding tert-OH is 1. The van der Waals surface area contributed by atoms with Crippen LogP contribution in [0.4, 0.5) is 0 Å². The summed E-state index contributed by atoms with van der Waals surface area (Å²) in [5.41, 5.74) is 4.36. The zero-order valence-electron chi connectivity index (χ0n) is 16.1. The van der Waals surface area contributed by atoms with Crippen LogP contribution in [0.3, 0.4) is 0 Å². The minimum atomic E-state index is -0.569. The lowest BCUT2D eigenvalue weighted by Gasteiger charge is -2.53. The first kappa shape index (κ1) is 12.9. The molecule has 1 heteroatoms. The van der Waals surface area contributed by atoms with Crippen molar-refractivity contribution in [2.75, 3.05) is 0 Å². The molecule has 0 amide bonds. The van der Waals surface area contributed by atoms with Gasteiger partial charge in [0, 0.05) is 0 Å². The van der Waals surface area contributed by atoms with Crippen LogP contribution in [0.2, 0.25) is 0 Å². The summed E-state index contributed by atoms with van der Waals surface area (Å²) in [5.74, 6) is 0.811. The van der Waals surface area contributed by atoms with Crippen molar-refractivity contribution in [3.05, 3.63) is 23.3 Å². The lowest BCUT2D eigenvalue weighted by molar-refractivity contribution is 0.0289. The molecule has 3 rings (SSSR count). The lowest BCUT2D eigenvalue weighted by atomic mass is 9.52. The number of hydrogen-bond donors (Lipinski definition) is 1. The second-order valence-electron chi connectivity index (χ2n) is 8.67. The Labute approximate surface area is 133 Å². The van der Waals surface area contributed by atoms with E-state index in [1.165, 1.54) is 12.8 Å². The Morgan fingerprint density at radius 2 is 1.95 bits per heavy atom. The van der Waals surface area contributed by atoms with Crippen molar-refractivity contribution < 1.29 is 7.85 Å². The van der Waals surface area contributed by atoms with E-state index in [1.807, 2.05) is 0 Å². The van der Waals surface area contributed by atoms with Gasteiger partial charge in [-0.25, -0.2) is 0 Å². The standard InChI is InChI=1S/C20H32O/c1-13-6-7-15-12-17-14(2)18(21)9-11-20(17,5)10-8-16(13)19(15,3)4/h15,17-18,21H,2,6-12H2,1,3-5H3/t15-,17+,18-,20+/m0/s1/i2T2. The summed E-state index contributed by atoms with van der Waals surface area (Å²) >= 11 is 0. The number of aliphatic hydroxyl groups is 1. The van der Waals surface area contributed by atoms with Gasteiger partial charge in [-0.3, -0.25) is 0 Å². The average molecular weight is 292 g/mol. The maximum atomic E-state index is 10.4. The van der Waals surface area contributed by atoms with Gasteiger partial charge >= 0.3 is 0 Å². The van der Waals surface area contributed by atoms with Gasteiger partial charge in [0.2, 0.25) is 0 Å². The Bertz CT molecular complexity index is 556. The molecule has 1 N–H and O–H groups in total. The highest BCUT2D eigenvalue weighted by molar-refractivity contribution is 5.27. The highest BCUT2D eigenvalue weighted by Gasteiger charge is 2.48. The molecule has 4 atom stereocenters. The van der Waals surface area contributed by atoms with Crippen LogP contribution in [0.5, 0.6) is 0 Å². The van der Waals surface area contributed by atoms with Crippen molar-refractivity contribution in [3.8, 4) is 0 Å². The zero-order valence-corrected chi connectivity index (χ0v) is 14.1. The fourth-order valence-corrected chi connectivity index (χ4v) is 5.46. The minimum Gasteiger partial charge on any atom is -0.389 e. The summed E-state index contributed by atoms with van der Waals surface area (Å²) in [6.07, 6.45) is 6.90. The zero-order chi connectivity index (χ0) is 17.0. The van der Waals surface area contributed by atoms with Crippen LogP contribution in [0, 0.1) is 22.7 Å². The summed E-state index contributed by atoms with van der Waals surface area (Å²) in [4.78, 5) is 0. The summed E-state index contributed by atoms with van der Waals surface area (Å²) in [6.45, 7) is 9.31. The molecule has 0 radical (unpaired) electrons. The van der Waals surface area contributed by atoms with Gasteiger partial charge < -0.3 is 5.11 Å². The molecule has 3 aliphatic carbocycles. The molecule has 118 valence electrons. The molecule has 3 aliphatic rings. The fraction of sp³-hybridized carbons (Fsp3) is 0.800. The second kappa shape index (κ2) is 4.98. The first-order chi connectivity index (χ1) is 10.7. The van der Waals surface area contributed by atoms with Gasteiger partial charge in [0.15, 0.2) is 0 Å². The molecule has 0 aromatic carbocycles. The van der Waals surface area contributed by atoms with Crippen LogP contribution >= 0.6 is 0 Å². The van der Waals surface area contributed by atoms with Crippen LogP contribution in [0.15, 0.2) is 23.3 Å². The van der Waals surface area contributed by atoms with Crippen molar-refractivity contribution in [3.63, 3.8) is 0 Å². The van der Waals surface area contributed by atoms with E-state index < -0.39 is 6.10 Å². The monoisotopic (exact) mass is 292 g/mol. The van der Waals surface area contributed by atoms with Crippen LogP contribution < -0.4 is 0 Å². The molecule has 0 aromatic heterocycles. The molecular formula is C20H32O. The molecule has 0 heterocycles. The van der Waals surface area contributed by atoms with E-state index >= 15 is 0 Å². The molecule has 2 saturated carbocycles. The largest absolute Gasteiger partial charge is 0.389 e. The van der Waals surface area contributed by atoms with Crippen molar-refractivity contribution >= 4 is 0 Å². The molecule has 0 saturated heterocycles. The van der Waals surface area contributed by atoms with Gasteiger partial charge in [-0.15, -0.1) is 0 Å². The van der Waals surface area contributed by atoms with E-state index in [9.17, 15) is 5.11 Å². The third-order valence-electron chi connectivity index (χ3n) is 7.21. The molecule has 2 fully saturated rings. The number of fused-ring (bicyclic) bond motifs is 3. The minimum absolute atomic E-state index is 0.130. The first-order valence-corrected chi connectivity index (χ1v) is 8.71. The van der Waals surface area contributed by atoms with E-state index in [4.69, 9.17) is 2.74 Å². The van der Waals surface area contributed by atoms with E-state index in [0.29, 0.717) is 5.92 Å². The molecule has 0 spiro atoms. The van der Waals surface area contributed by atoms with E-state index in [-0.39, 0.29) is 23.3 Å². The summed E-state index contributed by atoms with van der Waals surface area (Å²) in [6, 6.07) is 0. The Morgan fingerprint density at radius 1 is 1.19 bits per heavy atom. The molecule has 0 aromatic rings. The Hall–Kier alpha value is -0.560. The predicted molar refractivity (Wildman–Crippen MR) is 89.0 cm³/mol. The maximum Gasteiger partial charge on any atom is 0.0750 e. The van der Waals surface area contributed by atoms with Crippen molar-refractivity contribution in [2.45, 2.75) is 78.7 Å². The van der Waals surface area contributed by atoms with Gasteiger partial charge in [0.25, 0.3) is 0 Å². The van der Waals surface area contributed by atoms with Gasteiger partial charge in [-0.2, -0.15) is 0 Å². The Balaban J connectivity index is 2.05. The fourth-order valence-electron chi connectivity index (χ4n) is 5.46. The molecule has 0 unspecified atom stereocenters. The third-order valence-corrected chi connectivity index (χ3v) is 7.21. The van der Waals surface area contributed by atoms with E-state index in [1.54, 1.807) is 11.1 Å². The topological polar surface area (TPSA) is 20.2 Å². The normalized spacial score (nSPS) is 44.2. The molecular weight excluding hydrogens is 256 g/mol. The third kappa shape index (κ3) is 2.32. The second-order valence-corrected chi connectivity index (χ2v) is 8.67. The van der Waals surface area contributed by atoms with Crippen molar-refractivity contribution in [2.24, 2.45) is 22.7 Å². The molecule has 0 aliphatic heterocycles. The average Bonchev–Trinajstić information content (AvgIpc) is 2.44. The highest BCUT2D eigenvalue weighted by Crippen LogP contribution is 2.58. The van der Waals surface area contributed by atoms with Crippen LogP contribution in [-0.2, 0) is 0 Å². The van der Waals surface area contributed by atoms with Crippen molar-refractivity contribution in [1.29, 1.82) is 0 Å².